The minimum Gasteiger partial charge on any atom is -0.357 e. The normalized spacial score (nSPS) is 11.7. The highest BCUT2D eigenvalue weighted by Gasteiger charge is 2.04. The Morgan fingerprint density at radius 3 is 2.77 bits per heavy atom. The van der Waals surface area contributed by atoms with Gasteiger partial charge in [-0.3, -0.25) is 4.68 Å². The predicted octanol–water partition coefficient (Wildman–Crippen LogP) is 1.79. The molecule has 0 saturated heterocycles. The van der Waals surface area contributed by atoms with Crippen LogP contribution in [0.2, 0.25) is 0 Å². The van der Waals surface area contributed by atoms with E-state index in [4.69, 9.17) is 0 Å². The topological polar surface area (TPSA) is 67.1 Å². The van der Waals surface area contributed by atoms with Crippen LogP contribution >= 0.6 is 11.3 Å². The van der Waals surface area contributed by atoms with Crippen LogP contribution in [-0.2, 0) is 20.0 Å². The van der Waals surface area contributed by atoms with E-state index < -0.39 is 0 Å². The van der Waals surface area contributed by atoms with Crippen molar-refractivity contribution in [2.45, 2.75) is 33.7 Å². The Morgan fingerprint density at radius 2 is 2.18 bits per heavy atom. The minimum absolute atomic E-state index is 0.612. The lowest BCUT2D eigenvalue weighted by molar-refractivity contribution is 0.707. The van der Waals surface area contributed by atoms with Gasteiger partial charge in [-0.25, -0.2) is 9.98 Å². The molecule has 2 rings (SSSR count). The SMILES string of the molecule is CCNC(=NCc1ccnn1C)NCCc1nc(C)c(C)s1. The average molecular weight is 320 g/mol. The van der Waals surface area contributed by atoms with Crippen LogP contribution in [0.15, 0.2) is 17.3 Å². The van der Waals surface area contributed by atoms with Crippen molar-refractivity contribution in [3.8, 4) is 0 Å². The number of hydrogen-bond acceptors (Lipinski definition) is 4. The van der Waals surface area contributed by atoms with Gasteiger partial charge in [0.1, 0.15) is 0 Å². The van der Waals surface area contributed by atoms with E-state index in [1.54, 1.807) is 17.5 Å². The van der Waals surface area contributed by atoms with Crippen LogP contribution in [0.3, 0.4) is 0 Å². The lowest BCUT2D eigenvalue weighted by Crippen LogP contribution is -2.38. The Morgan fingerprint density at radius 1 is 1.36 bits per heavy atom. The van der Waals surface area contributed by atoms with Crippen LogP contribution in [0, 0.1) is 13.8 Å². The van der Waals surface area contributed by atoms with Gasteiger partial charge in [0, 0.05) is 37.6 Å². The zero-order chi connectivity index (χ0) is 15.9. The van der Waals surface area contributed by atoms with E-state index in [1.165, 1.54) is 9.88 Å². The molecular formula is C15H24N6S. The van der Waals surface area contributed by atoms with Crippen molar-refractivity contribution in [3.63, 3.8) is 0 Å². The van der Waals surface area contributed by atoms with E-state index in [-0.39, 0.29) is 0 Å². The Kier molecular flexibility index (Phi) is 5.94. The maximum Gasteiger partial charge on any atom is 0.191 e. The van der Waals surface area contributed by atoms with Crippen molar-refractivity contribution in [1.82, 2.24) is 25.4 Å². The molecule has 0 radical (unpaired) electrons. The molecule has 2 heterocycles. The van der Waals surface area contributed by atoms with Crippen LogP contribution in [0.4, 0.5) is 0 Å². The summed E-state index contributed by atoms with van der Waals surface area (Å²) in [5, 5.41) is 11.9. The molecule has 0 saturated carbocycles. The fourth-order valence-electron chi connectivity index (χ4n) is 1.99. The Hall–Kier alpha value is -1.89. The van der Waals surface area contributed by atoms with Crippen molar-refractivity contribution in [3.05, 3.63) is 33.5 Å². The smallest absolute Gasteiger partial charge is 0.191 e. The van der Waals surface area contributed by atoms with E-state index in [9.17, 15) is 0 Å². The van der Waals surface area contributed by atoms with Crippen molar-refractivity contribution >= 4 is 17.3 Å². The molecule has 0 aliphatic heterocycles. The zero-order valence-electron chi connectivity index (χ0n) is 13.7. The molecule has 2 aromatic rings. The van der Waals surface area contributed by atoms with Crippen LogP contribution < -0.4 is 10.6 Å². The van der Waals surface area contributed by atoms with Crippen LogP contribution in [0.1, 0.15) is 28.2 Å². The largest absolute Gasteiger partial charge is 0.357 e. The highest BCUT2D eigenvalue weighted by atomic mass is 32.1. The molecule has 0 aliphatic carbocycles. The molecule has 0 fully saturated rings. The van der Waals surface area contributed by atoms with Crippen molar-refractivity contribution < 1.29 is 0 Å². The van der Waals surface area contributed by atoms with E-state index >= 15 is 0 Å². The summed E-state index contributed by atoms with van der Waals surface area (Å²) in [6.45, 7) is 8.51. The maximum absolute atomic E-state index is 4.59. The molecule has 0 atom stereocenters. The predicted molar refractivity (Wildman–Crippen MR) is 91.3 cm³/mol. The van der Waals surface area contributed by atoms with Gasteiger partial charge in [0.05, 0.1) is 22.9 Å². The number of guanidine groups is 1. The molecule has 6 nitrogen and oxygen atoms in total. The zero-order valence-corrected chi connectivity index (χ0v) is 14.5. The first-order chi connectivity index (χ1) is 10.6. The van der Waals surface area contributed by atoms with Crippen LogP contribution in [0.25, 0.3) is 0 Å². The summed E-state index contributed by atoms with van der Waals surface area (Å²) >= 11 is 1.77. The van der Waals surface area contributed by atoms with Gasteiger partial charge in [-0.1, -0.05) is 0 Å². The van der Waals surface area contributed by atoms with Gasteiger partial charge in [-0.2, -0.15) is 5.10 Å². The summed E-state index contributed by atoms with van der Waals surface area (Å²) in [5.41, 5.74) is 2.22. The molecule has 2 N–H and O–H groups in total. The third-order valence-corrected chi connectivity index (χ3v) is 4.50. The lowest BCUT2D eigenvalue weighted by Gasteiger charge is -2.10. The van der Waals surface area contributed by atoms with Gasteiger partial charge in [-0.05, 0) is 26.8 Å². The summed E-state index contributed by atoms with van der Waals surface area (Å²) in [4.78, 5) is 10.4. The molecule has 22 heavy (non-hydrogen) atoms. The van der Waals surface area contributed by atoms with Gasteiger partial charge in [0.25, 0.3) is 0 Å². The number of rotatable bonds is 6. The van der Waals surface area contributed by atoms with Crippen LogP contribution in [-0.4, -0.2) is 33.8 Å². The van der Waals surface area contributed by atoms with E-state index in [2.05, 4.69) is 46.5 Å². The lowest BCUT2D eigenvalue weighted by atomic mass is 10.4. The number of nitrogens with one attached hydrogen (secondary N) is 2. The van der Waals surface area contributed by atoms with Gasteiger partial charge < -0.3 is 10.6 Å². The summed E-state index contributed by atoms with van der Waals surface area (Å²) in [7, 11) is 1.93. The first kappa shape index (κ1) is 16.5. The van der Waals surface area contributed by atoms with Crippen molar-refractivity contribution in [2.75, 3.05) is 13.1 Å². The fraction of sp³-hybridized carbons (Fsp3) is 0.533. The Bertz CT molecular complexity index is 608. The molecular weight excluding hydrogens is 296 g/mol. The molecule has 0 bridgehead atoms. The van der Waals surface area contributed by atoms with Gasteiger partial charge in [0.15, 0.2) is 5.96 Å². The summed E-state index contributed by atoms with van der Waals surface area (Å²) in [6.07, 6.45) is 2.70. The van der Waals surface area contributed by atoms with E-state index in [0.29, 0.717) is 6.54 Å². The van der Waals surface area contributed by atoms with Gasteiger partial charge in [0.2, 0.25) is 0 Å². The number of aliphatic imine (C=N–C) groups is 1. The van der Waals surface area contributed by atoms with Crippen molar-refractivity contribution in [1.29, 1.82) is 0 Å². The first-order valence-corrected chi connectivity index (χ1v) is 8.33. The van der Waals surface area contributed by atoms with Gasteiger partial charge >= 0.3 is 0 Å². The Balaban J connectivity index is 1.87. The maximum atomic E-state index is 4.59. The number of aromatic nitrogens is 3. The minimum atomic E-state index is 0.612. The molecule has 0 aromatic carbocycles. The van der Waals surface area contributed by atoms with Gasteiger partial charge in [-0.15, -0.1) is 11.3 Å². The number of nitrogens with zero attached hydrogens (tertiary/aromatic N) is 4. The number of hydrogen-bond donors (Lipinski definition) is 2. The van der Waals surface area contributed by atoms with Crippen molar-refractivity contribution in [2.24, 2.45) is 12.0 Å². The second-order valence-electron chi connectivity index (χ2n) is 5.07. The summed E-state index contributed by atoms with van der Waals surface area (Å²) < 4.78 is 1.84. The highest BCUT2D eigenvalue weighted by Crippen LogP contribution is 2.16. The van der Waals surface area contributed by atoms with E-state index in [1.807, 2.05) is 17.8 Å². The molecule has 7 heteroatoms. The molecule has 0 unspecified atom stereocenters. The third kappa shape index (κ3) is 4.56. The fourth-order valence-corrected chi connectivity index (χ4v) is 2.93. The van der Waals surface area contributed by atoms with E-state index in [0.717, 1.165) is 36.9 Å². The number of thiazole rings is 1. The third-order valence-electron chi connectivity index (χ3n) is 3.37. The first-order valence-electron chi connectivity index (χ1n) is 7.52. The molecule has 120 valence electrons. The molecule has 0 spiro atoms. The molecule has 2 aromatic heterocycles. The second-order valence-corrected chi connectivity index (χ2v) is 6.36. The second kappa shape index (κ2) is 7.93. The monoisotopic (exact) mass is 320 g/mol. The average Bonchev–Trinajstić information content (AvgIpc) is 3.02. The Labute approximate surface area is 135 Å². The molecule has 0 aliphatic rings. The van der Waals surface area contributed by atoms with Crippen LogP contribution in [0.5, 0.6) is 0 Å². The number of aryl methyl sites for hydroxylation is 3. The highest BCUT2D eigenvalue weighted by molar-refractivity contribution is 7.11. The summed E-state index contributed by atoms with van der Waals surface area (Å²) in [6, 6.07) is 1.98. The standard InChI is InChI=1S/C15H24N6S/c1-5-16-15(18-10-13-6-9-19-21(13)4)17-8-7-14-20-11(2)12(3)22-14/h6,9H,5,7-8,10H2,1-4H3,(H2,16,17,18). The summed E-state index contributed by atoms with van der Waals surface area (Å²) in [5.74, 6) is 0.828. The quantitative estimate of drug-likeness (QED) is 0.629. The molecule has 0 amide bonds.